The van der Waals surface area contributed by atoms with Crippen molar-refractivity contribution in [2.45, 2.75) is 18.8 Å². The molecule has 9 heteroatoms. The van der Waals surface area contributed by atoms with E-state index in [4.69, 9.17) is 0 Å². The summed E-state index contributed by atoms with van der Waals surface area (Å²) < 4.78 is 75.9. The van der Waals surface area contributed by atoms with E-state index >= 15 is 0 Å². The molecule has 2 rings (SSSR count). The highest BCUT2D eigenvalue weighted by molar-refractivity contribution is 5.34. The van der Waals surface area contributed by atoms with E-state index in [0.29, 0.717) is 4.68 Å². The highest BCUT2D eigenvalue weighted by Crippen LogP contribution is 2.34. The number of hydrogen-bond acceptors (Lipinski definition) is 2. The van der Waals surface area contributed by atoms with Crippen LogP contribution in [0.5, 0.6) is 0 Å². The molecule has 1 aromatic carbocycles. The summed E-state index contributed by atoms with van der Waals surface area (Å²) in [6.45, 7) is 0. The second-order valence-corrected chi connectivity index (χ2v) is 3.92. The molecule has 0 saturated carbocycles. The maximum atomic E-state index is 12.7. The molecule has 0 saturated heterocycles. The summed E-state index contributed by atoms with van der Waals surface area (Å²) in [6.07, 6.45) is -11.6. The largest absolute Gasteiger partial charge is 0.437 e. The van der Waals surface area contributed by atoms with Gasteiger partial charge >= 0.3 is 12.4 Å². The second-order valence-electron chi connectivity index (χ2n) is 3.92. The van der Waals surface area contributed by atoms with Gasteiger partial charge in [0, 0.05) is 0 Å². The van der Waals surface area contributed by atoms with E-state index < -0.39 is 30.2 Å². The minimum Gasteiger partial charge on any atom is -0.217 e. The molecule has 0 radical (unpaired) electrons. The first-order valence-corrected chi connectivity index (χ1v) is 5.32. The van der Waals surface area contributed by atoms with Gasteiger partial charge in [-0.2, -0.15) is 26.3 Å². The van der Waals surface area contributed by atoms with Crippen LogP contribution >= 0.6 is 0 Å². The van der Waals surface area contributed by atoms with Gasteiger partial charge in [-0.05, 0) is 12.1 Å². The molecule has 0 unspecified atom stereocenters. The second kappa shape index (κ2) is 4.80. The van der Waals surface area contributed by atoms with Gasteiger partial charge in [0.15, 0.2) is 5.69 Å². The first kappa shape index (κ1) is 14.4. The van der Waals surface area contributed by atoms with Crippen LogP contribution in [0.3, 0.4) is 0 Å². The normalized spacial score (nSPS) is 12.7. The molecular weight excluding hydrogens is 288 g/mol. The molecule has 1 heterocycles. The number of halogens is 6. The quantitative estimate of drug-likeness (QED) is 0.795. The van der Waals surface area contributed by atoms with Crippen LogP contribution in [0.15, 0.2) is 30.3 Å². The fourth-order valence-corrected chi connectivity index (χ4v) is 1.65. The van der Waals surface area contributed by atoms with Crippen LogP contribution in [0.2, 0.25) is 0 Å². The van der Waals surface area contributed by atoms with Crippen molar-refractivity contribution in [2.75, 3.05) is 0 Å². The van der Waals surface area contributed by atoms with Crippen LogP contribution < -0.4 is 0 Å². The Morgan fingerprint density at radius 3 is 2.05 bits per heavy atom. The monoisotopic (exact) mass is 295 g/mol. The number of hydrogen-bond donors (Lipinski definition) is 0. The molecule has 0 bridgehead atoms. The molecule has 0 aliphatic rings. The van der Waals surface area contributed by atoms with Crippen molar-refractivity contribution >= 4 is 0 Å². The highest BCUT2D eigenvalue weighted by Gasteiger charge is 2.42. The summed E-state index contributed by atoms with van der Waals surface area (Å²) in [4.78, 5) is 0. The fourth-order valence-electron chi connectivity index (χ4n) is 1.65. The lowest BCUT2D eigenvalue weighted by Gasteiger charge is -2.11. The van der Waals surface area contributed by atoms with Crippen LogP contribution in [-0.4, -0.2) is 21.2 Å². The van der Waals surface area contributed by atoms with Crippen molar-refractivity contribution in [1.82, 2.24) is 15.0 Å². The molecule has 1 aromatic heterocycles. The van der Waals surface area contributed by atoms with Gasteiger partial charge < -0.3 is 0 Å². The molecule has 0 spiro atoms. The van der Waals surface area contributed by atoms with Crippen LogP contribution in [0.25, 0.3) is 5.69 Å². The fraction of sp³-hybridized carbons (Fsp3) is 0.273. The van der Waals surface area contributed by atoms with Gasteiger partial charge in [-0.3, -0.25) is 0 Å². The lowest BCUT2D eigenvalue weighted by Crippen LogP contribution is -2.19. The molecule has 108 valence electrons. The van der Waals surface area contributed by atoms with Crippen molar-refractivity contribution in [3.63, 3.8) is 0 Å². The minimum absolute atomic E-state index is 0.0785. The third-order valence-electron chi connectivity index (χ3n) is 2.40. The van der Waals surface area contributed by atoms with Crippen molar-refractivity contribution in [1.29, 1.82) is 0 Å². The van der Waals surface area contributed by atoms with E-state index in [1.54, 1.807) is 6.07 Å². The van der Waals surface area contributed by atoms with Crippen molar-refractivity contribution in [3.8, 4) is 5.69 Å². The highest BCUT2D eigenvalue weighted by atomic mass is 19.4. The Kier molecular flexibility index (Phi) is 3.45. The summed E-state index contributed by atoms with van der Waals surface area (Å²) in [6, 6.07) is 7.21. The van der Waals surface area contributed by atoms with E-state index in [1.165, 1.54) is 24.3 Å². The minimum atomic E-state index is -4.99. The first-order valence-electron chi connectivity index (χ1n) is 5.32. The van der Waals surface area contributed by atoms with Crippen molar-refractivity contribution in [2.24, 2.45) is 0 Å². The zero-order valence-corrected chi connectivity index (χ0v) is 9.70. The molecular formula is C11H7F6N3. The van der Waals surface area contributed by atoms with E-state index in [0.717, 1.165) is 0 Å². The van der Waals surface area contributed by atoms with Gasteiger partial charge in [-0.25, -0.2) is 4.68 Å². The third kappa shape index (κ3) is 3.09. The molecule has 0 amide bonds. The average molecular weight is 295 g/mol. The number of alkyl halides is 6. The zero-order valence-electron chi connectivity index (χ0n) is 9.70. The number of benzene rings is 1. The first-order chi connectivity index (χ1) is 9.18. The van der Waals surface area contributed by atoms with Crippen LogP contribution in [0.1, 0.15) is 11.4 Å². The van der Waals surface area contributed by atoms with E-state index in [9.17, 15) is 26.3 Å². The van der Waals surface area contributed by atoms with Crippen molar-refractivity contribution < 1.29 is 26.3 Å². The van der Waals surface area contributed by atoms with Crippen molar-refractivity contribution in [3.05, 3.63) is 41.7 Å². The Labute approximate surface area is 108 Å². The van der Waals surface area contributed by atoms with Gasteiger partial charge in [0.1, 0.15) is 0 Å². The summed E-state index contributed by atoms with van der Waals surface area (Å²) in [5, 5.41) is 6.02. The number of aromatic nitrogens is 3. The molecule has 0 fully saturated rings. The molecule has 2 aromatic rings. The van der Waals surface area contributed by atoms with Gasteiger partial charge in [0.25, 0.3) is 0 Å². The Bertz CT molecular complexity index is 584. The molecule has 0 aliphatic heterocycles. The Morgan fingerprint density at radius 1 is 0.950 bits per heavy atom. The summed E-state index contributed by atoms with van der Waals surface area (Å²) in [5.41, 5.74) is -2.58. The van der Waals surface area contributed by atoms with Gasteiger partial charge in [-0.15, -0.1) is 5.10 Å². The summed E-state index contributed by atoms with van der Waals surface area (Å²) in [5.74, 6) is 0. The third-order valence-corrected chi connectivity index (χ3v) is 2.40. The van der Waals surface area contributed by atoms with E-state index in [-0.39, 0.29) is 5.69 Å². The molecule has 20 heavy (non-hydrogen) atoms. The molecule has 3 nitrogen and oxygen atoms in total. The van der Waals surface area contributed by atoms with Gasteiger partial charge in [0.2, 0.25) is 0 Å². The number of rotatable bonds is 2. The zero-order chi connectivity index (χ0) is 15.0. The predicted molar refractivity (Wildman–Crippen MR) is 56.1 cm³/mol. The maximum absolute atomic E-state index is 12.7. The van der Waals surface area contributed by atoms with E-state index in [2.05, 4.69) is 10.3 Å². The Hall–Kier alpha value is -2.06. The number of nitrogens with zero attached hydrogens (tertiary/aromatic N) is 3. The van der Waals surface area contributed by atoms with Crippen LogP contribution in [0, 0.1) is 0 Å². The SMILES string of the molecule is FC(F)(F)Cc1c(C(F)(F)F)nnn1-c1ccccc1. The molecule has 0 atom stereocenters. The average Bonchev–Trinajstić information content (AvgIpc) is 2.71. The van der Waals surface area contributed by atoms with E-state index in [1.807, 2.05) is 0 Å². The van der Waals surface area contributed by atoms with Crippen LogP contribution in [-0.2, 0) is 12.6 Å². The predicted octanol–water partition coefficient (Wildman–Crippen LogP) is 3.39. The molecule has 0 N–H and O–H groups in total. The Morgan fingerprint density at radius 2 is 1.55 bits per heavy atom. The summed E-state index contributed by atoms with van der Waals surface area (Å²) in [7, 11) is 0. The number of para-hydroxylation sites is 1. The lowest BCUT2D eigenvalue weighted by molar-refractivity contribution is -0.146. The standard InChI is InChI=1S/C11H7F6N3/c12-10(13,14)6-8-9(11(15,16)17)18-19-20(8)7-4-2-1-3-5-7/h1-5H,6H2. The molecule has 0 aliphatic carbocycles. The summed E-state index contributed by atoms with van der Waals surface area (Å²) >= 11 is 0. The smallest absolute Gasteiger partial charge is 0.217 e. The Balaban J connectivity index is 2.56. The lowest BCUT2D eigenvalue weighted by atomic mass is 10.2. The van der Waals surface area contributed by atoms with Crippen LogP contribution in [0.4, 0.5) is 26.3 Å². The maximum Gasteiger partial charge on any atom is 0.437 e. The van der Waals surface area contributed by atoms with Gasteiger partial charge in [0.05, 0.1) is 17.8 Å². The topological polar surface area (TPSA) is 30.7 Å². The van der Waals surface area contributed by atoms with Gasteiger partial charge in [-0.1, -0.05) is 23.4 Å².